The Morgan fingerprint density at radius 1 is 1.45 bits per heavy atom. The van der Waals surface area contributed by atoms with Crippen molar-refractivity contribution in [2.24, 2.45) is 7.05 Å². The molecule has 20 heavy (non-hydrogen) atoms. The summed E-state index contributed by atoms with van der Waals surface area (Å²) in [5.41, 5.74) is 0.805. The van der Waals surface area contributed by atoms with Crippen LogP contribution in [0.25, 0.3) is 0 Å². The van der Waals surface area contributed by atoms with E-state index < -0.39 is 10.0 Å². The monoisotopic (exact) mass is 319 g/mol. The molecule has 1 saturated heterocycles. The van der Waals surface area contributed by atoms with E-state index in [9.17, 15) is 8.42 Å². The number of alkyl halides is 1. The molecule has 2 heterocycles. The van der Waals surface area contributed by atoms with Crippen LogP contribution in [0, 0.1) is 0 Å². The summed E-state index contributed by atoms with van der Waals surface area (Å²) in [4.78, 5) is 2.50. The van der Waals surface area contributed by atoms with E-state index >= 15 is 0 Å². The zero-order valence-electron chi connectivity index (χ0n) is 12.2. The molecule has 114 valence electrons. The summed E-state index contributed by atoms with van der Waals surface area (Å²) in [6.07, 6.45) is 3.58. The van der Waals surface area contributed by atoms with Crippen molar-refractivity contribution in [3.05, 3.63) is 18.0 Å². The summed E-state index contributed by atoms with van der Waals surface area (Å²) in [6.45, 7) is 1.82. The summed E-state index contributed by atoms with van der Waals surface area (Å²) >= 11 is 5.81. The Morgan fingerprint density at radius 3 is 2.70 bits per heavy atom. The Kier molecular flexibility index (Phi) is 4.79. The Morgan fingerprint density at radius 2 is 2.15 bits per heavy atom. The Bertz CT molecular complexity index is 570. The molecule has 1 aromatic rings. The highest BCUT2D eigenvalue weighted by atomic mass is 35.5. The first-order valence-electron chi connectivity index (χ1n) is 6.74. The van der Waals surface area contributed by atoms with Crippen LogP contribution in [0.2, 0.25) is 0 Å². The fraction of sp³-hybridized carbons (Fsp3) is 0.692. The van der Waals surface area contributed by atoms with Gasteiger partial charge in [0.2, 0.25) is 10.0 Å². The lowest BCUT2D eigenvalue weighted by Crippen LogP contribution is -2.47. The van der Waals surface area contributed by atoms with Crippen molar-refractivity contribution in [1.29, 1.82) is 0 Å². The zero-order chi connectivity index (χ0) is 14.9. The molecule has 7 heteroatoms. The van der Waals surface area contributed by atoms with Gasteiger partial charge in [-0.1, -0.05) is 0 Å². The van der Waals surface area contributed by atoms with Gasteiger partial charge in [-0.2, -0.15) is 4.31 Å². The molecule has 1 aromatic heterocycles. The summed E-state index contributed by atoms with van der Waals surface area (Å²) in [6, 6.07) is 1.70. The van der Waals surface area contributed by atoms with Crippen LogP contribution in [0.4, 0.5) is 0 Å². The van der Waals surface area contributed by atoms with Crippen molar-refractivity contribution in [2.75, 3.05) is 27.2 Å². The normalized spacial score (nSPS) is 21.6. The molecule has 1 unspecified atom stereocenters. The van der Waals surface area contributed by atoms with Gasteiger partial charge in [-0.15, -0.1) is 11.6 Å². The molecule has 1 fully saturated rings. The van der Waals surface area contributed by atoms with Crippen LogP contribution in [0.15, 0.2) is 17.2 Å². The second-order valence-corrected chi connectivity index (χ2v) is 7.76. The lowest BCUT2D eigenvalue weighted by atomic mass is 10.1. The molecule has 1 aliphatic heterocycles. The molecular formula is C13H22ClN3O2S. The summed E-state index contributed by atoms with van der Waals surface area (Å²) in [5, 5.41) is 0. The number of nitrogens with zero attached hydrogens (tertiary/aromatic N) is 3. The SMILES string of the molecule is CN1CCCC(N(C)S(=O)(=O)c2cc(CCl)n(C)c2)C1. The minimum absolute atomic E-state index is 0.0402. The Hall–Kier alpha value is -0.560. The van der Waals surface area contributed by atoms with Crippen LogP contribution in [0.5, 0.6) is 0 Å². The number of hydrogen-bond acceptors (Lipinski definition) is 3. The molecule has 0 aliphatic carbocycles. The highest BCUT2D eigenvalue weighted by Gasteiger charge is 2.31. The molecule has 1 atom stereocenters. The number of aromatic nitrogens is 1. The van der Waals surface area contributed by atoms with E-state index in [0.717, 1.165) is 31.6 Å². The first-order valence-corrected chi connectivity index (χ1v) is 8.71. The first-order chi connectivity index (χ1) is 9.36. The average molecular weight is 320 g/mol. The highest BCUT2D eigenvalue weighted by molar-refractivity contribution is 7.89. The van der Waals surface area contributed by atoms with Crippen molar-refractivity contribution in [2.45, 2.75) is 29.7 Å². The maximum Gasteiger partial charge on any atom is 0.244 e. The summed E-state index contributed by atoms with van der Waals surface area (Å²) in [7, 11) is 2.07. The van der Waals surface area contributed by atoms with Gasteiger partial charge >= 0.3 is 0 Å². The minimum atomic E-state index is -3.45. The second-order valence-electron chi connectivity index (χ2n) is 5.49. The molecule has 0 spiro atoms. The molecule has 0 aromatic carbocycles. The molecule has 0 saturated carbocycles. The number of piperidine rings is 1. The minimum Gasteiger partial charge on any atom is -0.352 e. The van der Waals surface area contributed by atoms with Gasteiger partial charge < -0.3 is 9.47 Å². The molecule has 0 bridgehead atoms. The topological polar surface area (TPSA) is 45.6 Å². The molecule has 5 nitrogen and oxygen atoms in total. The molecule has 1 aliphatic rings. The van der Waals surface area contributed by atoms with Crippen molar-refractivity contribution < 1.29 is 8.42 Å². The largest absolute Gasteiger partial charge is 0.352 e. The summed E-state index contributed by atoms with van der Waals surface area (Å²) in [5.74, 6) is 0.307. The number of rotatable bonds is 4. The van der Waals surface area contributed by atoms with E-state index in [1.165, 1.54) is 4.31 Å². The lowest BCUT2D eigenvalue weighted by molar-refractivity contribution is 0.187. The second kappa shape index (κ2) is 6.05. The molecule has 2 rings (SSSR count). The van der Waals surface area contributed by atoms with Crippen LogP contribution < -0.4 is 0 Å². The van der Waals surface area contributed by atoms with Gasteiger partial charge in [0.25, 0.3) is 0 Å². The van der Waals surface area contributed by atoms with Crippen molar-refractivity contribution in [1.82, 2.24) is 13.8 Å². The number of halogens is 1. The predicted octanol–water partition coefficient (Wildman–Crippen LogP) is 1.48. The van der Waals surface area contributed by atoms with Crippen molar-refractivity contribution in [3.63, 3.8) is 0 Å². The van der Waals surface area contributed by atoms with E-state index in [-0.39, 0.29) is 6.04 Å². The Balaban J connectivity index is 2.24. The van der Waals surface area contributed by atoms with Crippen molar-refractivity contribution >= 4 is 21.6 Å². The lowest BCUT2D eigenvalue weighted by Gasteiger charge is -2.34. The molecule has 0 amide bonds. The van der Waals surface area contributed by atoms with E-state index in [1.807, 2.05) is 14.1 Å². The van der Waals surface area contributed by atoms with E-state index in [0.29, 0.717) is 10.8 Å². The van der Waals surface area contributed by atoms with Gasteiger partial charge in [-0.3, -0.25) is 0 Å². The summed E-state index contributed by atoms with van der Waals surface area (Å²) < 4.78 is 28.6. The highest BCUT2D eigenvalue weighted by Crippen LogP contribution is 2.23. The van der Waals surface area contributed by atoms with E-state index in [1.54, 1.807) is 23.9 Å². The van der Waals surface area contributed by atoms with Gasteiger partial charge in [0.05, 0.1) is 5.88 Å². The van der Waals surface area contributed by atoms with Gasteiger partial charge in [0, 0.05) is 38.6 Å². The van der Waals surface area contributed by atoms with Crippen LogP contribution in [-0.4, -0.2) is 55.4 Å². The number of likely N-dealkylation sites (tertiary alicyclic amines) is 1. The van der Waals surface area contributed by atoms with E-state index in [2.05, 4.69) is 4.90 Å². The van der Waals surface area contributed by atoms with Gasteiger partial charge in [0.1, 0.15) is 4.90 Å². The number of sulfonamides is 1. The number of likely N-dealkylation sites (N-methyl/N-ethyl adjacent to an activating group) is 2. The molecule has 0 N–H and O–H groups in total. The fourth-order valence-corrected chi connectivity index (χ4v) is 4.39. The van der Waals surface area contributed by atoms with Crippen LogP contribution in [0.3, 0.4) is 0 Å². The van der Waals surface area contributed by atoms with E-state index in [4.69, 9.17) is 11.6 Å². The Labute approximate surface area is 126 Å². The fourth-order valence-electron chi connectivity index (χ4n) is 2.65. The maximum absolute atomic E-state index is 12.7. The first kappa shape index (κ1) is 15.8. The average Bonchev–Trinajstić information content (AvgIpc) is 2.79. The quantitative estimate of drug-likeness (QED) is 0.790. The smallest absolute Gasteiger partial charge is 0.244 e. The number of aryl methyl sites for hydroxylation is 1. The molecular weight excluding hydrogens is 298 g/mol. The van der Waals surface area contributed by atoms with Crippen LogP contribution in [-0.2, 0) is 23.0 Å². The third-order valence-corrected chi connectivity index (χ3v) is 6.16. The zero-order valence-corrected chi connectivity index (χ0v) is 13.8. The predicted molar refractivity (Wildman–Crippen MR) is 80.4 cm³/mol. The van der Waals surface area contributed by atoms with Gasteiger partial charge in [0.15, 0.2) is 0 Å². The number of hydrogen-bond donors (Lipinski definition) is 0. The third kappa shape index (κ3) is 3.03. The molecule has 0 radical (unpaired) electrons. The third-order valence-electron chi connectivity index (χ3n) is 4.01. The maximum atomic E-state index is 12.7. The standard InChI is InChI=1S/C13H22ClN3O2S/c1-15-6-4-5-11(9-15)17(3)20(18,19)13-7-12(8-14)16(2)10-13/h7,10-11H,4-6,8-9H2,1-3H3. The van der Waals surface area contributed by atoms with Crippen LogP contribution in [0.1, 0.15) is 18.5 Å². The van der Waals surface area contributed by atoms with Gasteiger partial charge in [-0.25, -0.2) is 8.42 Å². The van der Waals surface area contributed by atoms with Crippen molar-refractivity contribution in [3.8, 4) is 0 Å². The van der Waals surface area contributed by atoms with Gasteiger partial charge in [-0.05, 0) is 32.5 Å². The van der Waals surface area contributed by atoms with Crippen LogP contribution >= 0.6 is 11.6 Å².